The Morgan fingerprint density at radius 1 is 1.64 bits per heavy atom. The zero-order valence-electron chi connectivity index (χ0n) is 7.16. The van der Waals surface area contributed by atoms with Crippen molar-refractivity contribution in [3.8, 4) is 0 Å². The lowest BCUT2D eigenvalue weighted by Crippen LogP contribution is -2.12. The lowest BCUT2D eigenvalue weighted by Gasteiger charge is -2.06. The van der Waals surface area contributed by atoms with E-state index in [1.807, 2.05) is 19.1 Å². The van der Waals surface area contributed by atoms with E-state index in [9.17, 15) is 4.79 Å². The smallest absolute Gasteiger partial charge is 0.438 e. The molecule has 3 heteroatoms. The first-order chi connectivity index (χ1) is 5.20. The molecule has 0 amide bonds. The molecule has 0 aromatic carbocycles. The maximum absolute atomic E-state index is 10.5. The predicted octanol–water partition coefficient (Wildman–Crippen LogP) is 2.12. The van der Waals surface area contributed by atoms with Gasteiger partial charge in [0.25, 0.3) is 0 Å². The van der Waals surface area contributed by atoms with Crippen molar-refractivity contribution in [1.29, 1.82) is 0 Å². The minimum Gasteiger partial charge on any atom is -0.438 e. The van der Waals surface area contributed by atoms with Crippen molar-refractivity contribution in [3.63, 3.8) is 0 Å². The van der Waals surface area contributed by atoms with Crippen LogP contribution in [-0.2, 0) is 9.47 Å². The molecule has 0 aliphatic heterocycles. The number of methoxy groups -OCH3 is 1. The van der Waals surface area contributed by atoms with Crippen molar-refractivity contribution in [3.05, 3.63) is 12.2 Å². The lowest BCUT2D eigenvalue weighted by atomic mass is 10.3. The molecule has 0 aromatic heterocycles. The third-order valence-electron chi connectivity index (χ3n) is 1.09. The van der Waals surface area contributed by atoms with Gasteiger partial charge in [0.1, 0.15) is 6.10 Å². The Hall–Kier alpha value is -0.990. The van der Waals surface area contributed by atoms with Crippen LogP contribution in [0, 0.1) is 0 Å². The first-order valence-electron chi connectivity index (χ1n) is 3.62. The van der Waals surface area contributed by atoms with Crippen LogP contribution in [0.25, 0.3) is 0 Å². The van der Waals surface area contributed by atoms with E-state index in [4.69, 9.17) is 4.74 Å². The second-order valence-electron chi connectivity index (χ2n) is 2.11. The van der Waals surface area contributed by atoms with Crippen LogP contribution >= 0.6 is 0 Å². The van der Waals surface area contributed by atoms with E-state index in [0.29, 0.717) is 0 Å². The number of rotatable bonds is 3. The van der Waals surface area contributed by atoms with Gasteiger partial charge < -0.3 is 9.47 Å². The summed E-state index contributed by atoms with van der Waals surface area (Å²) < 4.78 is 9.06. The number of carbonyl (C=O) groups excluding carboxylic acids is 1. The van der Waals surface area contributed by atoms with Crippen molar-refractivity contribution in [2.45, 2.75) is 26.4 Å². The molecule has 64 valence electrons. The summed E-state index contributed by atoms with van der Waals surface area (Å²) in [5.41, 5.74) is 0. The molecule has 0 N–H and O–H groups in total. The zero-order chi connectivity index (χ0) is 8.69. The van der Waals surface area contributed by atoms with Gasteiger partial charge in [0.2, 0.25) is 0 Å². The molecule has 0 saturated heterocycles. The quantitative estimate of drug-likeness (QED) is 0.466. The second kappa shape index (κ2) is 5.77. The molecule has 0 radical (unpaired) electrons. The van der Waals surface area contributed by atoms with Crippen LogP contribution in [0.2, 0.25) is 0 Å². The monoisotopic (exact) mass is 158 g/mol. The molecule has 0 aromatic rings. The Balaban J connectivity index is 3.59. The van der Waals surface area contributed by atoms with Gasteiger partial charge in [-0.1, -0.05) is 13.0 Å². The van der Waals surface area contributed by atoms with Crippen LogP contribution in [0.15, 0.2) is 12.2 Å². The third-order valence-corrected chi connectivity index (χ3v) is 1.09. The predicted molar refractivity (Wildman–Crippen MR) is 42.4 cm³/mol. The van der Waals surface area contributed by atoms with E-state index in [1.165, 1.54) is 7.11 Å². The van der Waals surface area contributed by atoms with E-state index in [1.54, 1.807) is 6.92 Å². The molecule has 1 atom stereocenters. The lowest BCUT2D eigenvalue weighted by molar-refractivity contribution is 0.0578. The summed E-state index contributed by atoms with van der Waals surface area (Å²) in [6, 6.07) is 0. The van der Waals surface area contributed by atoms with Gasteiger partial charge in [-0.25, -0.2) is 4.79 Å². The molecular formula is C8H14O3. The molecule has 0 aliphatic carbocycles. The molecule has 0 heterocycles. The molecule has 0 bridgehead atoms. The molecule has 3 nitrogen and oxygen atoms in total. The number of allylic oxidation sites excluding steroid dienone is 1. The van der Waals surface area contributed by atoms with Gasteiger partial charge >= 0.3 is 6.16 Å². The molecule has 0 saturated carbocycles. The maximum atomic E-state index is 10.5. The minimum absolute atomic E-state index is 0.206. The molecule has 0 aliphatic rings. The van der Waals surface area contributed by atoms with E-state index >= 15 is 0 Å². The number of hydrogen-bond acceptors (Lipinski definition) is 3. The van der Waals surface area contributed by atoms with Gasteiger partial charge in [0, 0.05) is 0 Å². The van der Waals surface area contributed by atoms with E-state index < -0.39 is 6.16 Å². The van der Waals surface area contributed by atoms with Gasteiger partial charge in [-0.3, -0.25) is 0 Å². The molecule has 1 unspecified atom stereocenters. The fourth-order valence-electron chi connectivity index (χ4n) is 0.567. The highest BCUT2D eigenvalue weighted by atomic mass is 16.7. The molecule has 0 fully saturated rings. The normalized spacial score (nSPS) is 13.0. The summed E-state index contributed by atoms with van der Waals surface area (Å²) in [6.07, 6.45) is 3.85. The van der Waals surface area contributed by atoms with E-state index in [-0.39, 0.29) is 6.10 Å². The summed E-state index contributed by atoms with van der Waals surface area (Å²) in [4.78, 5) is 10.5. The fourth-order valence-corrected chi connectivity index (χ4v) is 0.567. The number of hydrogen-bond donors (Lipinski definition) is 0. The van der Waals surface area contributed by atoms with Crippen molar-refractivity contribution in [2.24, 2.45) is 0 Å². The summed E-state index contributed by atoms with van der Waals surface area (Å²) in [7, 11) is 1.29. The largest absolute Gasteiger partial charge is 0.508 e. The average molecular weight is 158 g/mol. The molecule has 0 rings (SSSR count). The van der Waals surface area contributed by atoms with Crippen molar-refractivity contribution >= 4 is 6.16 Å². The fraction of sp³-hybridized carbons (Fsp3) is 0.625. The van der Waals surface area contributed by atoms with Gasteiger partial charge in [0.15, 0.2) is 0 Å². The Morgan fingerprint density at radius 2 is 2.27 bits per heavy atom. The van der Waals surface area contributed by atoms with Gasteiger partial charge in [-0.2, -0.15) is 0 Å². The van der Waals surface area contributed by atoms with E-state index in [2.05, 4.69) is 4.74 Å². The summed E-state index contributed by atoms with van der Waals surface area (Å²) in [6.45, 7) is 3.80. The highest BCUT2D eigenvalue weighted by Gasteiger charge is 2.03. The minimum atomic E-state index is -0.641. The highest BCUT2D eigenvalue weighted by molar-refractivity contribution is 5.59. The van der Waals surface area contributed by atoms with Crippen molar-refractivity contribution in [1.82, 2.24) is 0 Å². The molecule has 11 heavy (non-hydrogen) atoms. The molecular weight excluding hydrogens is 144 g/mol. The Morgan fingerprint density at radius 3 is 2.73 bits per heavy atom. The van der Waals surface area contributed by atoms with Crippen LogP contribution in [0.3, 0.4) is 0 Å². The first-order valence-corrected chi connectivity index (χ1v) is 3.62. The Labute approximate surface area is 67.0 Å². The topological polar surface area (TPSA) is 35.5 Å². The van der Waals surface area contributed by atoms with Crippen molar-refractivity contribution < 1.29 is 14.3 Å². The van der Waals surface area contributed by atoms with E-state index in [0.717, 1.165) is 6.42 Å². The first kappa shape index (κ1) is 10.0. The second-order valence-corrected chi connectivity index (χ2v) is 2.11. The standard InChI is InChI=1S/C8H14O3/c1-4-5-6-7(2)11-8(9)10-3/h5-7H,4H2,1-3H3/b6-5+. The number of carbonyl (C=O) groups is 1. The van der Waals surface area contributed by atoms with Crippen molar-refractivity contribution in [2.75, 3.05) is 7.11 Å². The van der Waals surface area contributed by atoms with Crippen LogP contribution in [-0.4, -0.2) is 19.4 Å². The Kier molecular flexibility index (Phi) is 5.25. The van der Waals surface area contributed by atoms with Crippen LogP contribution in [0.4, 0.5) is 4.79 Å². The van der Waals surface area contributed by atoms with Crippen LogP contribution in [0.1, 0.15) is 20.3 Å². The van der Waals surface area contributed by atoms with Gasteiger partial charge in [-0.15, -0.1) is 0 Å². The number of ether oxygens (including phenoxy) is 2. The van der Waals surface area contributed by atoms with Gasteiger partial charge in [0.05, 0.1) is 7.11 Å². The molecule has 0 spiro atoms. The van der Waals surface area contributed by atoms with Crippen LogP contribution in [0.5, 0.6) is 0 Å². The summed E-state index contributed by atoms with van der Waals surface area (Å²) in [5, 5.41) is 0. The van der Waals surface area contributed by atoms with Gasteiger partial charge in [-0.05, 0) is 19.4 Å². The van der Waals surface area contributed by atoms with Crippen LogP contribution < -0.4 is 0 Å². The summed E-state index contributed by atoms with van der Waals surface area (Å²) >= 11 is 0. The SMILES string of the molecule is CC/C=C/C(C)OC(=O)OC. The Bertz CT molecular complexity index is 140. The average Bonchev–Trinajstić information content (AvgIpc) is 2.00. The highest BCUT2D eigenvalue weighted by Crippen LogP contribution is 1.95. The third kappa shape index (κ3) is 5.45. The zero-order valence-corrected chi connectivity index (χ0v) is 7.16. The maximum Gasteiger partial charge on any atom is 0.508 e. The summed E-state index contributed by atoms with van der Waals surface area (Å²) in [5.74, 6) is 0.